The van der Waals surface area contributed by atoms with Gasteiger partial charge in [0.25, 0.3) is 0 Å². The minimum Gasteiger partial charge on any atom is -0.495 e. The van der Waals surface area contributed by atoms with Crippen LogP contribution in [0.3, 0.4) is 0 Å². The lowest BCUT2D eigenvalue weighted by Crippen LogP contribution is -2.26. The minimum absolute atomic E-state index is 0.0294. The molecule has 0 saturated carbocycles. The number of rotatable bonds is 6. The standard InChI is InChI=1S/C22H29N5O/c1-5-26-13-19-12-25(14-21(19)24-26)20-6-7-22(15(2)8-20)27-11-18(9-16(27)3)10-23-17(4)28/h6-8,13,18,23,28H,3-5,9-12,14H2,1-2H3. The first-order valence-corrected chi connectivity index (χ1v) is 9.92. The van der Waals surface area contributed by atoms with Crippen molar-refractivity contribution in [2.24, 2.45) is 5.92 Å². The third-order valence-corrected chi connectivity index (χ3v) is 5.73. The van der Waals surface area contributed by atoms with Gasteiger partial charge in [-0.3, -0.25) is 4.68 Å². The molecule has 1 unspecified atom stereocenters. The number of aromatic nitrogens is 2. The lowest BCUT2D eigenvalue weighted by molar-refractivity contribution is 0.354. The normalized spacial score (nSPS) is 18.6. The van der Waals surface area contributed by atoms with Crippen LogP contribution in [0, 0.1) is 12.8 Å². The van der Waals surface area contributed by atoms with E-state index in [9.17, 15) is 5.11 Å². The molecular formula is C22H29N5O. The van der Waals surface area contributed by atoms with Gasteiger partial charge in [0.05, 0.1) is 12.2 Å². The SMILES string of the molecule is C=C(O)NCC1CC(=C)N(c2ccc(N3Cc4cn(CC)nc4C3)cc2C)C1. The molecule has 6 heteroatoms. The van der Waals surface area contributed by atoms with Crippen LogP contribution in [0.5, 0.6) is 0 Å². The fourth-order valence-electron chi connectivity index (χ4n) is 4.26. The molecule has 148 valence electrons. The first-order valence-electron chi connectivity index (χ1n) is 9.92. The van der Waals surface area contributed by atoms with E-state index in [-0.39, 0.29) is 5.88 Å². The van der Waals surface area contributed by atoms with E-state index < -0.39 is 0 Å². The monoisotopic (exact) mass is 379 g/mol. The number of hydrogen-bond acceptors (Lipinski definition) is 5. The first-order chi connectivity index (χ1) is 13.4. The van der Waals surface area contributed by atoms with Crippen LogP contribution < -0.4 is 15.1 Å². The number of nitrogens with one attached hydrogen (secondary N) is 1. The summed E-state index contributed by atoms with van der Waals surface area (Å²) in [5, 5.41) is 16.9. The van der Waals surface area contributed by atoms with Gasteiger partial charge in [-0.25, -0.2) is 0 Å². The predicted octanol–water partition coefficient (Wildman–Crippen LogP) is 3.69. The summed E-state index contributed by atoms with van der Waals surface area (Å²) >= 11 is 0. The molecule has 4 rings (SSSR count). The largest absolute Gasteiger partial charge is 0.495 e. The number of aryl methyl sites for hydroxylation is 2. The molecule has 1 saturated heterocycles. The molecule has 2 N–H and O–H groups in total. The molecule has 1 aromatic heterocycles. The van der Waals surface area contributed by atoms with E-state index in [0.29, 0.717) is 12.5 Å². The van der Waals surface area contributed by atoms with Crippen molar-refractivity contribution in [3.05, 3.63) is 66.0 Å². The summed E-state index contributed by atoms with van der Waals surface area (Å²) < 4.78 is 2.02. The number of fused-ring (bicyclic) bond motifs is 1. The molecule has 2 aliphatic heterocycles. The van der Waals surface area contributed by atoms with Crippen molar-refractivity contribution in [2.45, 2.75) is 39.9 Å². The summed E-state index contributed by atoms with van der Waals surface area (Å²) in [6.45, 7) is 16.4. The topological polar surface area (TPSA) is 56.6 Å². The Labute approximate surface area is 166 Å². The van der Waals surface area contributed by atoms with Crippen LogP contribution in [0.2, 0.25) is 0 Å². The minimum atomic E-state index is 0.0294. The zero-order chi connectivity index (χ0) is 19.8. The molecule has 1 fully saturated rings. The molecule has 1 aromatic carbocycles. The van der Waals surface area contributed by atoms with Crippen LogP contribution in [0.15, 0.2) is 49.1 Å². The van der Waals surface area contributed by atoms with E-state index in [4.69, 9.17) is 0 Å². The van der Waals surface area contributed by atoms with Gasteiger partial charge in [0.1, 0.15) is 0 Å². The molecule has 2 aliphatic rings. The van der Waals surface area contributed by atoms with Crippen molar-refractivity contribution in [3.63, 3.8) is 0 Å². The van der Waals surface area contributed by atoms with Gasteiger partial charge in [-0.1, -0.05) is 6.58 Å². The average molecular weight is 380 g/mol. The average Bonchev–Trinajstić information content (AvgIpc) is 3.32. The van der Waals surface area contributed by atoms with E-state index in [2.05, 4.69) is 71.6 Å². The Morgan fingerprint density at radius 3 is 2.86 bits per heavy atom. The van der Waals surface area contributed by atoms with E-state index in [1.165, 1.54) is 28.2 Å². The fourth-order valence-corrected chi connectivity index (χ4v) is 4.26. The molecule has 0 aliphatic carbocycles. The van der Waals surface area contributed by atoms with E-state index in [0.717, 1.165) is 38.3 Å². The number of benzene rings is 1. The zero-order valence-electron chi connectivity index (χ0n) is 16.8. The maximum absolute atomic E-state index is 9.27. The summed E-state index contributed by atoms with van der Waals surface area (Å²) in [7, 11) is 0. The zero-order valence-corrected chi connectivity index (χ0v) is 16.8. The van der Waals surface area contributed by atoms with Gasteiger partial charge in [0, 0.05) is 55.0 Å². The summed E-state index contributed by atoms with van der Waals surface area (Å²) in [6, 6.07) is 6.68. The van der Waals surface area contributed by atoms with Crippen molar-refractivity contribution in [1.29, 1.82) is 0 Å². The Balaban J connectivity index is 1.46. The quantitative estimate of drug-likeness (QED) is 0.750. The molecule has 3 heterocycles. The molecule has 0 radical (unpaired) electrons. The number of nitrogens with zero attached hydrogens (tertiary/aromatic N) is 4. The Kier molecular flexibility index (Phi) is 4.79. The lowest BCUT2D eigenvalue weighted by Gasteiger charge is -2.25. The van der Waals surface area contributed by atoms with Crippen LogP contribution in [-0.2, 0) is 19.6 Å². The molecule has 28 heavy (non-hydrogen) atoms. The van der Waals surface area contributed by atoms with Gasteiger partial charge in [-0.2, -0.15) is 5.10 Å². The second-order valence-electron chi connectivity index (χ2n) is 7.86. The highest BCUT2D eigenvalue weighted by atomic mass is 16.3. The third-order valence-electron chi connectivity index (χ3n) is 5.73. The van der Waals surface area contributed by atoms with Crippen LogP contribution in [0.1, 0.15) is 30.2 Å². The first kappa shape index (κ1) is 18.5. The van der Waals surface area contributed by atoms with Gasteiger partial charge >= 0.3 is 0 Å². The number of hydrogen-bond donors (Lipinski definition) is 2. The van der Waals surface area contributed by atoms with E-state index in [1.54, 1.807) is 0 Å². The van der Waals surface area contributed by atoms with Crippen LogP contribution in [-0.4, -0.2) is 28.0 Å². The van der Waals surface area contributed by atoms with Crippen molar-refractivity contribution < 1.29 is 5.11 Å². The molecule has 0 spiro atoms. The second-order valence-corrected chi connectivity index (χ2v) is 7.86. The van der Waals surface area contributed by atoms with Gasteiger partial charge < -0.3 is 20.2 Å². The molecule has 1 atom stereocenters. The summed E-state index contributed by atoms with van der Waals surface area (Å²) in [4.78, 5) is 4.68. The highest BCUT2D eigenvalue weighted by molar-refractivity contribution is 5.65. The highest BCUT2D eigenvalue weighted by Gasteiger charge is 2.28. The van der Waals surface area contributed by atoms with Crippen molar-refractivity contribution >= 4 is 11.4 Å². The number of allylic oxidation sites excluding steroid dienone is 1. The predicted molar refractivity (Wildman–Crippen MR) is 113 cm³/mol. The molecule has 0 bridgehead atoms. The maximum Gasteiger partial charge on any atom is 0.176 e. The van der Waals surface area contributed by atoms with E-state index in [1.807, 2.05) is 4.68 Å². The number of aliphatic hydroxyl groups is 1. The molecule has 0 amide bonds. The lowest BCUT2D eigenvalue weighted by atomic mass is 10.1. The Hall–Kier alpha value is -2.89. The van der Waals surface area contributed by atoms with Crippen molar-refractivity contribution in [1.82, 2.24) is 15.1 Å². The fraction of sp³-hybridized carbons (Fsp3) is 0.409. The Bertz CT molecular complexity index is 892. The summed E-state index contributed by atoms with van der Waals surface area (Å²) in [5.41, 5.74) is 7.35. The molecular weight excluding hydrogens is 350 g/mol. The maximum atomic E-state index is 9.27. The Morgan fingerprint density at radius 2 is 2.18 bits per heavy atom. The van der Waals surface area contributed by atoms with E-state index >= 15 is 0 Å². The highest BCUT2D eigenvalue weighted by Crippen LogP contribution is 2.36. The van der Waals surface area contributed by atoms with Gasteiger partial charge in [-0.05, 0) is 56.5 Å². The molecule has 6 nitrogen and oxygen atoms in total. The third kappa shape index (κ3) is 3.46. The Morgan fingerprint density at radius 1 is 1.36 bits per heavy atom. The van der Waals surface area contributed by atoms with Gasteiger partial charge in [-0.15, -0.1) is 0 Å². The van der Waals surface area contributed by atoms with Gasteiger partial charge in [0.2, 0.25) is 0 Å². The van der Waals surface area contributed by atoms with Crippen LogP contribution in [0.25, 0.3) is 0 Å². The molecule has 2 aromatic rings. The van der Waals surface area contributed by atoms with Crippen molar-refractivity contribution in [3.8, 4) is 0 Å². The van der Waals surface area contributed by atoms with Crippen LogP contribution >= 0.6 is 0 Å². The number of aliphatic hydroxyl groups excluding tert-OH is 1. The second kappa shape index (κ2) is 7.26. The van der Waals surface area contributed by atoms with Crippen LogP contribution in [0.4, 0.5) is 11.4 Å². The van der Waals surface area contributed by atoms with Crippen molar-refractivity contribution in [2.75, 3.05) is 22.9 Å². The summed E-state index contributed by atoms with van der Waals surface area (Å²) in [6.07, 6.45) is 3.09. The number of anilines is 2. The summed E-state index contributed by atoms with van der Waals surface area (Å²) in [5.74, 6) is 0.446. The van der Waals surface area contributed by atoms with Gasteiger partial charge in [0.15, 0.2) is 5.88 Å². The smallest absolute Gasteiger partial charge is 0.176 e.